The highest BCUT2D eigenvalue weighted by atomic mass is 15.0. The van der Waals surface area contributed by atoms with Crippen LogP contribution in [-0.4, -0.2) is 6.04 Å². The maximum Gasteiger partial charge on any atom is 0.0962 e. The highest BCUT2D eigenvalue weighted by Gasteiger charge is 2.19. The summed E-state index contributed by atoms with van der Waals surface area (Å²) in [7, 11) is 0. The van der Waals surface area contributed by atoms with Gasteiger partial charge in [0.25, 0.3) is 0 Å². The summed E-state index contributed by atoms with van der Waals surface area (Å²) in [5.74, 6) is 0.495. The molecule has 0 aliphatic rings. The lowest BCUT2D eigenvalue weighted by atomic mass is 9.96. The summed E-state index contributed by atoms with van der Waals surface area (Å²) in [6, 6.07) is 22.9. The summed E-state index contributed by atoms with van der Waals surface area (Å²) < 4.78 is 0. The Balaban J connectivity index is 2.27. The normalized spacial score (nSPS) is 12.3. The first-order valence-electron chi connectivity index (χ1n) is 7.46. The van der Waals surface area contributed by atoms with Gasteiger partial charge < -0.3 is 0 Å². The van der Waals surface area contributed by atoms with E-state index in [1.807, 2.05) is 36.4 Å². The molecule has 0 fully saturated rings. The van der Waals surface area contributed by atoms with Crippen LogP contribution in [0, 0.1) is 17.2 Å². The SMILES string of the molecule is CC(C)C[C@@H](C#N)NC(c1ccccc1)c1ccccc1. The molecule has 0 aromatic heterocycles. The van der Waals surface area contributed by atoms with E-state index in [1.165, 1.54) is 11.1 Å². The molecule has 21 heavy (non-hydrogen) atoms. The van der Waals surface area contributed by atoms with Crippen LogP contribution in [-0.2, 0) is 0 Å². The quantitative estimate of drug-likeness (QED) is 0.855. The van der Waals surface area contributed by atoms with Gasteiger partial charge in [-0.1, -0.05) is 74.5 Å². The smallest absolute Gasteiger partial charge is 0.0962 e. The molecule has 108 valence electrons. The van der Waals surface area contributed by atoms with Crippen molar-refractivity contribution in [2.75, 3.05) is 0 Å². The van der Waals surface area contributed by atoms with E-state index in [0.29, 0.717) is 5.92 Å². The summed E-state index contributed by atoms with van der Waals surface area (Å²) in [5.41, 5.74) is 2.38. The van der Waals surface area contributed by atoms with Crippen molar-refractivity contribution in [1.29, 1.82) is 5.26 Å². The molecule has 2 heteroatoms. The van der Waals surface area contributed by atoms with Crippen molar-refractivity contribution in [2.45, 2.75) is 32.4 Å². The molecular weight excluding hydrogens is 256 g/mol. The number of hydrogen-bond donors (Lipinski definition) is 1. The molecule has 0 spiro atoms. The number of nitrogens with one attached hydrogen (secondary N) is 1. The van der Waals surface area contributed by atoms with Crippen molar-refractivity contribution in [3.63, 3.8) is 0 Å². The molecule has 0 unspecified atom stereocenters. The molecule has 0 amide bonds. The molecule has 2 nitrogen and oxygen atoms in total. The van der Waals surface area contributed by atoms with Crippen molar-refractivity contribution in [3.8, 4) is 6.07 Å². The molecule has 0 aliphatic heterocycles. The first-order chi connectivity index (χ1) is 10.2. The van der Waals surface area contributed by atoms with Gasteiger partial charge in [0.15, 0.2) is 0 Å². The van der Waals surface area contributed by atoms with E-state index in [2.05, 4.69) is 49.5 Å². The molecule has 0 radical (unpaired) electrons. The molecule has 0 heterocycles. The average molecular weight is 278 g/mol. The summed E-state index contributed by atoms with van der Waals surface area (Å²) in [5, 5.41) is 12.9. The Bertz CT molecular complexity index is 530. The first kappa shape index (κ1) is 15.3. The molecule has 0 aliphatic carbocycles. The van der Waals surface area contributed by atoms with E-state index in [9.17, 15) is 5.26 Å². The summed E-state index contributed by atoms with van der Waals surface area (Å²) in [4.78, 5) is 0. The van der Waals surface area contributed by atoms with Gasteiger partial charge in [0, 0.05) is 0 Å². The lowest BCUT2D eigenvalue weighted by molar-refractivity contribution is 0.452. The van der Waals surface area contributed by atoms with E-state index in [0.717, 1.165) is 6.42 Å². The molecule has 2 aromatic rings. The van der Waals surface area contributed by atoms with E-state index < -0.39 is 0 Å². The number of benzene rings is 2. The van der Waals surface area contributed by atoms with Gasteiger partial charge in [-0.2, -0.15) is 5.26 Å². The Kier molecular flexibility index (Phi) is 5.54. The molecule has 1 atom stereocenters. The second-order valence-electron chi connectivity index (χ2n) is 5.73. The highest BCUT2D eigenvalue weighted by molar-refractivity contribution is 5.32. The van der Waals surface area contributed by atoms with Crippen LogP contribution in [0.2, 0.25) is 0 Å². The average Bonchev–Trinajstić information content (AvgIpc) is 2.52. The Morgan fingerprint density at radius 1 is 0.905 bits per heavy atom. The third kappa shape index (κ3) is 4.44. The molecule has 2 rings (SSSR count). The summed E-state index contributed by atoms with van der Waals surface area (Å²) in [6.45, 7) is 4.29. The molecular formula is C19H22N2. The Labute approximate surface area is 127 Å². The monoisotopic (exact) mass is 278 g/mol. The van der Waals surface area contributed by atoms with Gasteiger partial charge >= 0.3 is 0 Å². The third-order valence-electron chi connectivity index (χ3n) is 3.50. The molecule has 0 bridgehead atoms. The number of nitriles is 1. The van der Waals surface area contributed by atoms with Crippen LogP contribution in [0.5, 0.6) is 0 Å². The topological polar surface area (TPSA) is 35.8 Å². The van der Waals surface area contributed by atoms with Gasteiger partial charge in [0.1, 0.15) is 0 Å². The maximum absolute atomic E-state index is 9.41. The van der Waals surface area contributed by atoms with Crippen LogP contribution in [0.15, 0.2) is 60.7 Å². The second-order valence-corrected chi connectivity index (χ2v) is 5.73. The number of nitrogens with zero attached hydrogens (tertiary/aromatic N) is 1. The van der Waals surface area contributed by atoms with Crippen LogP contribution in [0.25, 0.3) is 0 Å². The van der Waals surface area contributed by atoms with Gasteiger partial charge in [0.05, 0.1) is 18.2 Å². The minimum atomic E-state index is -0.143. The fourth-order valence-corrected chi connectivity index (χ4v) is 2.51. The maximum atomic E-state index is 9.41. The van der Waals surface area contributed by atoms with Gasteiger partial charge in [0.2, 0.25) is 0 Å². The van der Waals surface area contributed by atoms with Gasteiger partial charge in [-0.25, -0.2) is 0 Å². The predicted octanol–water partition coefficient (Wildman–Crippen LogP) is 4.30. The lowest BCUT2D eigenvalue weighted by Crippen LogP contribution is -2.33. The summed E-state index contributed by atoms with van der Waals surface area (Å²) >= 11 is 0. The van der Waals surface area contributed by atoms with Gasteiger partial charge in [-0.3, -0.25) is 5.32 Å². The van der Waals surface area contributed by atoms with Crippen LogP contribution in [0.1, 0.15) is 37.4 Å². The molecule has 1 N–H and O–H groups in total. The Morgan fingerprint density at radius 3 is 1.76 bits per heavy atom. The Hall–Kier alpha value is -2.11. The summed E-state index contributed by atoms with van der Waals surface area (Å²) in [6.07, 6.45) is 0.854. The van der Waals surface area contributed by atoms with E-state index >= 15 is 0 Å². The minimum Gasteiger partial charge on any atom is -0.291 e. The molecule has 0 saturated heterocycles. The first-order valence-corrected chi connectivity index (χ1v) is 7.46. The van der Waals surface area contributed by atoms with Crippen molar-refractivity contribution >= 4 is 0 Å². The standard InChI is InChI=1S/C19H22N2/c1-15(2)13-18(14-20)21-19(16-9-5-3-6-10-16)17-11-7-4-8-12-17/h3-12,15,18-19,21H,13H2,1-2H3/t18-/m0/s1. The Morgan fingerprint density at radius 2 is 1.38 bits per heavy atom. The van der Waals surface area contributed by atoms with Gasteiger partial charge in [-0.15, -0.1) is 0 Å². The van der Waals surface area contributed by atoms with Crippen molar-refractivity contribution in [1.82, 2.24) is 5.32 Å². The number of rotatable bonds is 6. The molecule has 0 saturated carbocycles. The van der Waals surface area contributed by atoms with Crippen LogP contribution >= 0.6 is 0 Å². The van der Waals surface area contributed by atoms with E-state index in [-0.39, 0.29) is 12.1 Å². The van der Waals surface area contributed by atoms with Gasteiger partial charge in [-0.05, 0) is 23.5 Å². The third-order valence-corrected chi connectivity index (χ3v) is 3.50. The highest BCUT2D eigenvalue weighted by Crippen LogP contribution is 2.23. The van der Waals surface area contributed by atoms with Crippen molar-refractivity contribution < 1.29 is 0 Å². The largest absolute Gasteiger partial charge is 0.291 e. The minimum absolute atomic E-state index is 0.0517. The predicted molar refractivity (Wildman–Crippen MR) is 86.7 cm³/mol. The molecule has 2 aromatic carbocycles. The van der Waals surface area contributed by atoms with Crippen LogP contribution in [0.3, 0.4) is 0 Å². The van der Waals surface area contributed by atoms with Crippen molar-refractivity contribution in [3.05, 3.63) is 71.8 Å². The zero-order valence-corrected chi connectivity index (χ0v) is 12.7. The number of hydrogen-bond acceptors (Lipinski definition) is 2. The fraction of sp³-hybridized carbons (Fsp3) is 0.316. The van der Waals surface area contributed by atoms with Crippen molar-refractivity contribution in [2.24, 2.45) is 5.92 Å². The zero-order chi connectivity index (χ0) is 15.1. The van der Waals surface area contributed by atoms with Crippen LogP contribution < -0.4 is 5.32 Å². The zero-order valence-electron chi connectivity index (χ0n) is 12.7. The van der Waals surface area contributed by atoms with E-state index in [4.69, 9.17) is 0 Å². The van der Waals surface area contributed by atoms with E-state index in [1.54, 1.807) is 0 Å². The fourth-order valence-electron chi connectivity index (χ4n) is 2.51. The second kappa shape index (κ2) is 7.61. The van der Waals surface area contributed by atoms with Crippen LogP contribution in [0.4, 0.5) is 0 Å². The lowest BCUT2D eigenvalue weighted by Gasteiger charge is -2.24.